The number of methoxy groups -OCH3 is 1. The molecule has 94 valence electrons. The minimum Gasteiger partial charge on any atom is -0.497 e. The van der Waals surface area contributed by atoms with Crippen molar-refractivity contribution in [3.63, 3.8) is 0 Å². The molecule has 2 heterocycles. The smallest absolute Gasteiger partial charge is 0.120 e. The summed E-state index contributed by atoms with van der Waals surface area (Å²) in [5.74, 6) is 1.41. The van der Waals surface area contributed by atoms with Crippen LogP contribution in [0, 0.1) is 0 Å². The summed E-state index contributed by atoms with van der Waals surface area (Å²) >= 11 is 0. The molecule has 0 saturated heterocycles. The van der Waals surface area contributed by atoms with Gasteiger partial charge in [0.15, 0.2) is 0 Å². The predicted octanol–water partition coefficient (Wildman–Crippen LogP) is 3.30. The Morgan fingerprint density at radius 3 is 3.11 bits per heavy atom. The van der Waals surface area contributed by atoms with E-state index in [2.05, 4.69) is 35.2 Å². The third-order valence-electron chi connectivity index (χ3n) is 3.72. The normalized spacial score (nSPS) is 19.3. The molecule has 0 spiro atoms. The molecule has 1 aromatic heterocycles. The Bertz CT molecular complexity index is 598. The van der Waals surface area contributed by atoms with Gasteiger partial charge in [0.2, 0.25) is 0 Å². The Balaban J connectivity index is 2.17. The monoisotopic (exact) mass is 242 g/mol. The van der Waals surface area contributed by atoms with Crippen LogP contribution in [0.5, 0.6) is 5.75 Å². The van der Waals surface area contributed by atoms with E-state index in [0.717, 1.165) is 25.1 Å². The van der Waals surface area contributed by atoms with E-state index in [1.54, 1.807) is 7.11 Å². The van der Waals surface area contributed by atoms with Crippen molar-refractivity contribution in [3.8, 4) is 5.75 Å². The molecule has 2 aromatic rings. The number of hydrogen-bond donors (Lipinski definition) is 1. The van der Waals surface area contributed by atoms with Gasteiger partial charge in [-0.1, -0.05) is 6.92 Å². The molecular formula is C15H18N2O. The molecule has 1 N–H and O–H groups in total. The first-order chi connectivity index (χ1) is 8.79. The van der Waals surface area contributed by atoms with Crippen LogP contribution in [0.1, 0.15) is 30.5 Å². The molecule has 0 saturated carbocycles. The van der Waals surface area contributed by atoms with Gasteiger partial charge >= 0.3 is 0 Å². The quantitative estimate of drug-likeness (QED) is 0.818. The zero-order valence-corrected chi connectivity index (χ0v) is 10.9. The summed E-state index contributed by atoms with van der Waals surface area (Å²) in [7, 11) is 1.70. The number of hydrogen-bond acceptors (Lipinski definition) is 2. The van der Waals surface area contributed by atoms with E-state index < -0.39 is 0 Å². The van der Waals surface area contributed by atoms with Crippen LogP contribution < -0.4 is 4.74 Å². The number of aliphatic imine (C=N–C) groups is 1. The molecule has 1 aromatic carbocycles. The Morgan fingerprint density at radius 1 is 1.39 bits per heavy atom. The summed E-state index contributed by atoms with van der Waals surface area (Å²) in [6.07, 6.45) is 4.08. The lowest BCUT2D eigenvalue weighted by Gasteiger charge is -2.12. The van der Waals surface area contributed by atoms with Gasteiger partial charge in [-0.3, -0.25) is 4.99 Å². The van der Waals surface area contributed by atoms with E-state index in [1.165, 1.54) is 22.2 Å². The minimum atomic E-state index is 0.502. The highest BCUT2D eigenvalue weighted by Crippen LogP contribution is 2.32. The minimum absolute atomic E-state index is 0.502. The van der Waals surface area contributed by atoms with E-state index in [4.69, 9.17) is 4.74 Å². The Labute approximate surface area is 107 Å². The average molecular weight is 242 g/mol. The first-order valence-electron chi connectivity index (χ1n) is 6.46. The zero-order valence-electron chi connectivity index (χ0n) is 10.9. The van der Waals surface area contributed by atoms with Crippen LogP contribution in [0.15, 0.2) is 23.2 Å². The standard InChI is InChI=1S/C15H18N2O/c1-10-5-7-16-8-6-13-12-4-3-11(18-2)9-14(12)17-15(10)13/h3-4,7,9-10,17H,5-6,8H2,1-2H3. The van der Waals surface area contributed by atoms with Gasteiger partial charge in [-0.05, 0) is 36.8 Å². The summed E-state index contributed by atoms with van der Waals surface area (Å²) in [6.45, 7) is 3.14. The molecule has 0 fully saturated rings. The van der Waals surface area contributed by atoms with E-state index >= 15 is 0 Å². The van der Waals surface area contributed by atoms with E-state index in [-0.39, 0.29) is 0 Å². The summed E-state index contributed by atoms with van der Waals surface area (Å²) in [5.41, 5.74) is 3.97. The maximum absolute atomic E-state index is 5.29. The second-order valence-electron chi connectivity index (χ2n) is 4.90. The molecule has 0 radical (unpaired) electrons. The van der Waals surface area contributed by atoms with Crippen molar-refractivity contribution in [2.75, 3.05) is 13.7 Å². The number of ether oxygens (including phenoxy) is 1. The predicted molar refractivity (Wildman–Crippen MR) is 74.9 cm³/mol. The second-order valence-corrected chi connectivity index (χ2v) is 4.90. The molecule has 1 unspecified atom stereocenters. The first-order valence-corrected chi connectivity index (χ1v) is 6.46. The number of aromatic nitrogens is 1. The largest absolute Gasteiger partial charge is 0.497 e. The van der Waals surface area contributed by atoms with Gasteiger partial charge in [0.05, 0.1) is 7.11 Å². The lowest BCUT2D eigenvalue weighted by Crippen LogP contribution is -2.04. The Morgan fingerprint density at radius 2 is 2.28 bits per heavy atom. The van der Waals surface area contributed by atoms with Crippen LogP contribution in [0.2, 0.25) is 0 Å². The molecule has 0 bridgehead atoms. The lowest BCUT2D eigenvalue weighted by atomic mass is 9.96. The van der Waals surface area contributed by atoms with Crippen molar-refractivity contribution in [1.29, 1.82) is 0 Å². The van der Waals surface area contributed by atoms with Gasteiger partial charge in [-0.25, -0.2) is 0 Å². The number of H-pyrrole nitrogens is 1. The summed E-state index contributed by atoms with van der Waals surface area (Å²) in [6, 6.07) is 6.26. The van der Waals surface area contributed by atoms with Gasteiger partial charge in [-0.15, -0.1) is 0 Å². The van der Waals surface area contributed by atoms with Crippen molar-refractivity contribution < 1.29 is 4.74 Å². The van der Waals surface area contributed by atoms with Crippen molar-refractivity contribution in [3.05, 3.63) is 29.5 Å². The molecule has 18 heavy (non-hydrogen) atoms. The highest BCUT2D eigenvalue weighted by atomic mass is 16.5. The van der Waals surface area contributed by atoms with Gasteiger partial charge in [0, 0.05) is 35.1 Å². The van der Waals surface area contributed by atoms with Crippen molar-refractivity contribution in [1.82, 2.24) is 4.98 Å². The Kier molecular flexibility index (Phi) is 2.82. The van der Waals surface area contributed by atoms with E-state index in [9.17, 15) is 0 Å². The van der Waals surface area contributed by atoms with E-state index in [0.29, 0.717) is 5.92 Å². The maximum atomic E-state index is 5.29. The molecule has 3 heteroatoms. The van der Waals surface area contributed by atoms with Gasteiger partial charge < -0.3 is 9.72 Å². The van der Waals surface area contributed by atoms with Crippen molar-refractivity contribution in [2.24, 2.45) is 4.99 Å². The SMILES string of the molecule is COc1ccc2c3c([nH]c2c1)C(C)CC=NCC3. The summed E-state index contributed by atoms with van der Waals surface area (Å²) in [4.78, 5) is 8.00. The van der Waals surface area contributed by atoms with Crippen LogP contribution in [0.3, 0.4) is 0 Å². The molecule has 3 nitrogen and oxygen atoms in total. The number of benzene rings is 1. The van der Waals surface area contributed by atoms with Crippen molar-refractivity contribution >= 4 is 17.1 Å². The molecule has 3 rings (SSSR count). The summed E-state index contributed by atoms with van der Waals surface area (Å²) < 4.78 is 5.29. The average Bonchev–Trinajstić information content (AvgIpc) is 2.73. The number of aromatic amines is 1. The van der Waals surface area contributed by atoms with Gasteiger partial charge in [0.1, 0.15) is 5.75 Å². The third-order valence-corrected chi connectivity index (χ3v) is 3.72. The number of nitrogens with zero attached hydrogens (tertiary/aromatic N) is 1. The zero-order chi connectivity index (χ0) is 12.5. The topological polar surface area (TPSA) is 37.4 Å². The fraction of sp³-hybridized carbons (Fsp3) is 0.400. The first kappa shape index (κ1) is 11.3. The molecular weight excluding hydrogens is 224 g/mol. The third kappa shape index (κ3) is 1.80. The molecule has 1 aliphatic heterocycles. The number of nitrogens with one attached hydrogen (secondary N) is 1. The summed E-state index contributed by atoms with van der Waals surface area (Å²) in [5, 5.41) is 1.31. The molecule has 0 aliphatic carbocycles. The number of fused-ring (bicyclic) bond motifs is 3. The van der Waals surface area contributed by atoms with Crippen LogP contribution >= 0.6 is 0 Å². The van der Waals surface area contributed by atoms with Crippen LogP contribution in [-0.2, 0) is 6.42 Å². The highest BCUT2D eigenvalue weighted by molar-refractivity contribution is 5.86. The van der Waals surface area contributed by atoms with Gasteiger partial charge in [0.25, 0.3) is 0 Å². The fourth-order valence-electron chi connectivity index (χ4n) is 2.69. The van der Waals surface area contributed by atoms with Crippen LogP contribution in [0.4, 0.5) is 0 Å². The second kappa shape index (κ2) is 4.48. The van der Waals surface area contributed by atoms with Crippen molar-refractivity contribution in [2.45, 2.75) is 25.7 Å². The maximum Gasteiger partial charge on any atom is 0.120 e. The Hall–Kier alpha value is -1.77. The highest BCUT2D eigenvalue weighted by Gasteiger charge is 2.17. The fourth-order valence-corrected chi connectivity index (χ4v) is 2.69. The van der Waals surface area contributed by atoms with Crippen LogP contribution in [0.25, 0.3) is 10.9 Å². The van der Waals surface area contributed by atoms with Gasteiger partial charge in [-0.2, -0.15) is 0 Å². The van der Waals surface area contributed by atoms with Crippen LogP contribution in [-0.4, -0.2) is 24.9 Å². The molecule has 1 aliphatic rings. The molecule has 0 amide bonds. The van der Waals surface area contributed by atoms with E-state index in [1.807, 2.05) is 6.07 Å². The lowest BCUT2D eigenvalue weighted by molar-refractivity contribution is 0.415. The molecule has 1 atom stereocenters. The number of rotatable bonds is 1.